The van der Waals surface area contributed by atoms with Gasteiger partial charge in [0.25, 0.3) is 0 Å². The minimum atomic E-state index is -0.137. The average molecular weight is 324 g/mol. The molecule has 0 saturated carbocycles. The molecular weight excluding hydrogens is 292 g/mol. The normalized spacial score (nSPS) is 34.0. The van der Waals surface area contributed by atoms with Crippen LogP contribution in [0.25, 0.3) is 0 Å². The Bertz CT molecular complexity index is 382. The minimum absolute atomic E-state index is 0.137. The molecular formula is C17H32N4O2. The van der Waals surface area contributed by atoms with Gasteiger partial charge in [0.2, 0.25) is 5.91 Å². The van der Waals surface area contributed by atoms with E-state index in [9.17, 15) is 4.79 Å². The van der Waals surface area contributed by atoms with Crippen LogP contribution in [0.4, 0.5) is 0 Å². The molecule has 3 aliphatic heterocycles. The van der Waals surface area contributed by atoms with Gasteiger partial charge in [-0.1, -0.05) is 0 Å². The molecule has 0 spiro atoms. The number of carbonyl (C=O) groups excluding carboxylic acids is 1. The van der Waals surface area contributed by atoms with Gasteiger partial charge in [-0.25, -0.2) is 0 Å². The molecule has 0 aromatic heterocycles. The van der Waals surface area contributed by atoms with Gasteiger partial charge < -0.3 is 15.0 Å². The van der Waals surface area contributed by atoms with Crippen LogP contribution in [-0.2, 0) is 9.53 Å². The largest absolute Gasteiger partial charge is 0.378 e. The number of likely N-dealkylation sites (tertiary alicyclic amines) is 1. The van der Waals surface area contributed by atoms with Gasteiger partial charge in [-0.2, -0.15) is 0 Å². The fourth-order valence-electron chi connectivity index (χ4n) is 4.08. The fourth-order valence-corrected chi connectivity index (χ4v) is 4.08. The standard InChI is InChI=1S/C17H32N4O2/c1-14-3-4-15(2)21(14)11-8-19-6-9-20(10-7-19)17(22)16-13-23-12-5-18-16/h14-16,18H,3-13H2,1-2H3. The molecule has 1 N–H and O–H groups in total. The first-order valence-corrected chi connectivity index (χ1v) is 9.23. The summed E-state index contributed by atoms with van der Waals surface area (Å²) in [6.07, 6.45) is 2.67. The first-order valence-electron chi connectivity index (χ1n) is 9.23. The summed E-state index contributed by atoms with van der Waals surface area (Å²) in [5.74, 6) is 0.214. The lowest BCUT2D eigenvalue weighted by atomic mass is 10.2. The van der Waals surface area contributed by atoms with Crippen molar-refractivity contribution in [2.45, 2.75) is 44.8 Å². The van der Waals surface area contributed by atoms with Crippen LogP contribution in [0.5, 0.6) is 0 Å². The lowest BCUT2D eigenvalue weighted by molar-refractivity contribution is -0.138. The molecule has 3 unspecified atom stereocenters. The first-order chi connectivity index (χ1) is 11.1. The number of nitrogens with zero attached hydrogens (tertiary/aromatic N) is 3. The Kier molecular flexibility index (Phi) is 5.91. The van der Waals surface area contributed by atoms with Crippen molar-refractivity contribution in [3.8, 4) is 0 Å². The van der Waals surface area contributed by atoms with Crippen molar-refractivity contribution in [2.75, 3.05) is 59.0 Å². The number of hydrogen-bond acceptors (Lipinski definition) is 5. The molecule has 3 rings (SSSR count). The summed E-state index contributed by atoms with van der Waals surface area (Å²) >= 11 is 0. The smallest absolute Gasteiger partial charge is 0.242 e. The summed E-state index contributed by atoms with van der Waals surface area (Å²) in [6.45, 7) is 12.7. The van der Waals surface area contributed by atoms with Gasteiger partial charge in [0, 0.05) is 57.9 Å². The van der Waals surface area contributed by atoms with Crippen LogP contribution in [0.2, 0.25) is 0 Å². The Morgan fingerprint density at radius 3 is 2.39 bits per heavy atom. The van der Waals surface area contributed by atoms with Gasteiger partial charge in [-0.3, -0.25) is 14.6 Å². The Labute approximate surface area is 140 Å². The van der Waals surface area contributed by atoms with E-state index < -0.39 is 0 Å². The lowest BCUT2D eigenvalue weighted by Crippen LogP contribution is -2.57. The maximum absolute atomic E-state index is 12.5. The molecule has 6 nitrogen and oxygen atoms in total. The molecule has 3 atom stereocenters. The summed E-state index contributed by atoms with van der Waals surface area (Å²) in [5.41, 5.74) is 0. The van der Waals surface area contributed by atoms with Crippen LogP contribution >= 0.6 is 0 Å². The van der Waals surface area contributed by atoms with Crippen molar-refractivity contribution in [2.24, 2.45) is 0 Å². The molecule has 3 heterocycles. The van der Waals surface area contributed by atoms with Gasteiger partial charge >= 0.3 is 0 Å². The van der Waals surface area contributed by atoms with Crippen molar-refractivity contribution in [1.29, 1.82) is 0 Å². The summed E-state index contributed by atoms with van der Waals surface area (Å²) < 4.78 is 5.40. The quantitative estimate of drug-likeness (QED) is 0.788. The van der Waals surface area contributed by atoms with Gasteiger partial charge in [0.15, 0.2) is 0 Å². The fraction of sp³-hybridized carbons (Fsp3) is 0.941. The van der Waals surface area contributed by atoms with Crippen LogP contribution in [0.1, 0.15) is 26.7 Å². The topological polar surface area (TPSA) is 48.0 Å². The Morgan fingerprint density at radius 1 is 1.09 bits per heavy atom. The maximum Gasteiger partial charge on any atom is 0.242 e. The van der Waals surface area contributed by atoms with E-state index in [1.807, 2.05) is 4.90 Å². The molecule has 6 heteroatoms. The molecule has 0 bridgehead atoms. The highest BCUT2D eigenvalue weighted by atomic mass is 16.5. The molecule has 3 aliphatic rings. The number of rotatable bonds is 4. The molecule has 0 aliphatic carbocycles. The molecule has 3 saturated heterocycles. The van der Waals surface area contributed by atoms with Crippen molar-refractivity contribution in [1.82, 2.24) is 20.0 Å². The van der Waals surface area contributed by atoms with E-state index in [1.165, 1.54) is 12.8 Å². The van der Waals surface area contributed by atoms with Gasteiger partial charge in [0.1, 0.15) is 6.04 Å². The molecule has 3 fully saturated rings. The molecule has 1 amide bonds. The number of carbonyl (C=O) groups is 1. The van der Waals surface area contributed by atoms with E-state index in [-0.39, 0.29) is 11.9 Å². The van der Waals surface area contributed by atoms with Gasteiger partial charge in [-0.15, -0.1) is 0 Å². The summed E-state index contributed by atoms with van der Waals surface area (Å²) in [6, 6.07) is 1.32. The average Bonchev–Trinajstić information content (AvgIpc) is 2.92. The van der Waals surface area contributed by atoms with E-state index in [0.717, 1.165) is 57.9 Å². The monoisotopic (exact) mass is 324 g/mol. The summed E-state index contributed by atoms with van der Waals surface area (Å²) in [7, 11) is 0. The highest BCUT2D eigenvalue weighted by Crippen LogP contribution is 2.22. The molecule has 0 aromatic rings. The lowest BCUT2D eigenvalue weighted by Gasteiger charge is -2.38. The van der Waals surface area contributed by atoms with E-state index in [0.29, 0.717) is 13.2 Å². The second-order valence-electron chi connectivity index (χ2n) is 7.26. The van der Waals surface area contributed by atoms with E-state index >= 15 is 0 Å². The van der Waals surface area contributed by atoms with Crippen molar-refractivity contribution in [3.05, 3.63) is 0 Å². The number of ether oxygens (including phenoxy) is 1. The third-order valence-corrected chi connectivity index (χ3v) is 5.71. The predicted molar refractivity (Wildman–Crippen MR) is 90.5 cm³/mol. The second-order valence-corrected chi connectivity index (χ2v) is 7.26. The Hall–Kier alpha value is -0.690. The number of morpholine rings is 1. The first kappa shape index (κ1) is 17.1. The molecule has 132 valence electrons. The van der Waals surface area contributed by atoms with E-state index in [4.69, 9.17) is 4.74 Å². The van der Waals surface area contributed by atoms with Crippen LogP contribution in [0.3, 0.4) is 0 Å². The summed E-state index contributed by atoms with van der Waals surface area (Å²) in [5, 5.41) is 3.26. The number of amides is 1. The van der Waals surface area contributed by atoms with Gasteiger partial charge in [-0.05, 0) is 26.7 Å². The number of piperazine rings is 1. The Balaban J connectivity index is 1.39. The third-order valence-electron chi connectivity index (χ3n) is 5.71. The number of hydrogen-bond donors (Lipinski definition) is 1. The van der Waals surface area contributed by atoms with Crippen LogP contribution < -0.4 is 5.32 Å². The molecule has 23 heavy (non-hydrogen) atoms. The molecule has 0 radical (unpaired) electrons. The van der Waals surface area contributed by atoms with Gasteiger partial charge in [0.05, 0.1) is 13.2 Å². The van der Waals surface area contributed by atoms with Crippen LogP contribution in [0.15, 0.2) is 0 Å². The number of nitrogens with one attached hydrogen (secondary N) is 1. The van der Waals surface area contributed by atoms with Crippen LogP contribution in [-0.4, -0.2) is 97.8 Å². The second kappa shape index (κ2) is 7.92. The zero-order chi connectivity index (χ0) is 16.2. The van der Waals surface area contributed by atoms with Crippen molar-refractivity contribution < 1.29 is 9.53 Å². The minimum Gasteiger partial charge on any atom is -0.378 e. The predicted octanol–water partition coefficient (Wildman–Crippen LogP) is -0.00820. The Morgan fingerprint density at radius 2 is 1.78 bits per heavy atom. The highest BCUT2D eigenvalue weighted by Gasteiger charge is 2.30. The summed E-state index contributed by atoms with van der Waals surface area (Å²) in [4.78, 5) is 19.6. The van der Waals surface area contributed by atoms with E-state index in [2.05, 4.69) is 29.0 Å². The highest BCUT2D eigenvalue weighted by molar-refractivity contribution is 5.82. The van der Waals surface area contributed by atoms with Crippen molar-refractivity contribution >= 4 is 5.91 Å². The SMILES string of the molecule is CC1CCC(C)N1CCN1CCN(C(=O)C2COCCN2)CC1. The van der Waals surface area contributed by atoms with E-state index in [1.54, 1.807) is 0 Å². The zero-order valence-electron chi connectivity index (χ0n) is 14.7. The molecule has 0 aromatic carbocycles. The van der Waals surface area contributed by atoms with Crippen LogP contribution in [0, 0.1) is 0 Å². The third kappa shape index (κ3) is 4.24. The van der Waals surface area contributed by atoms with Crippen molar-refractivity contribution in [3.63, 3.8) is 0 Å². The zero-order valence-corrected chi connectivity index (χ0v) is 14.7. The maximum atomic E-state index is 12.5.